The summed E-state index contributed by atoms with van der Waals surface area (Å²) in [5.41, 5.74) is 0. The van der Waals surface area contributed by atoms with Crippen LogP contribution in [-0.4, -0.2) is 19.8 Å². The number of hydrogen-bond donors (Lipinski definition) is 0. The van der Waals surface area contributed by atoms with Crippen molar-refractivity contribution in [2.75, 3.05) is 0 Å². The highest BCUT2D eigenvalue weighted by Crippen LogP contribution is 2.63. The van der Waals surface area contributed by atoms with Crippen molar-refractivity contribution in [1.29, 1.82) is 0 Å². The van der Waals surface area contributed by atoms with E-state index in [2.05, 4.69) is 45.2 Å². The van der Waals surface area contributed by atoms with Gasteiger partial charge in [0, 0.05) is 13.1 Å². The predicted molar refractivity (Wildman–Crippen MR) is 99.7 cm³/mol. The largest absolute Gasteiger partial charge is 0.487 e. The van der Waals surface area contributed by atoms with E-state index in [0.717, 1.165) is 13.6 Å². The third kappa shape index (κ3) is 1.75. The molecule has 1 aliphatic heterocycles. The van der Waals surface area contributed by atoms with E-state index in [4.69, 9.17) is 4.74 Å². The molecule has 3 aliphatic carbocycles. The molecule has 2 bridgehead atoms. The summed E-state index contributed by atoms with van der Waals surface area (Å²) in [6.45, 7) is 0. The van der Waals surface area contributed by atoms with Crippen LogP contribution in [0.1, 0.15) is 25.7 Å². The van der Waals surface area contributed by atoms with Crippen LogP contribution in [-0.2, 0) is 9.84 Å². The second-order valence-electron chi connectivity index (χ2n) is 7.13. The second-order valence-corrected chi connectivity index (χ2v) is 11.6. The summed E-state index contributed by atoms with van der Waals surface area (Å²) >= 11 is 4.38. The predicted octanol–water partition coefficient (Wildman–Crippen LogP) is 3.87. The molecule has 0 amide bonds. The number of benzene rings is 1. The minimum atomic E-state index is -3.27. The lowest BCUT2D eigenvalue weighted by Crippen LogP contribution is -2.50. The molecule has 6 heteroatoms. The van der Waals surface area contributed by atoms with Gasteiger partial charge in [0.05, 0.1) is 0 Å². The Balaban J connectivity index is 1.69. The van der Waals surface area contributed by atoms with Crippen molar-refractivity contribution in [2.45, 2.75) is 41.9 Å². The van der Waals surface area contributed by atoms with Crippen LogP contribution in [0.4, 0.5) is 0 Å². The number of hydrogen-bond acceptors (Lipinski definition) is 3. The van der Waals surface area contributed by atoms with Crippen molar-refractivity contribution in [1.82, 2.24) is 0 Å². The minimum Gasteiger partial charge on any atom is -0.487 e. The average molecular weight is 542 g/mol. The standard InChI is InChI=1S/C16H16I2O3S/c17-7-4-12(18)16-13(5-7)21-14-10-6-11(15(14)22(16,19)20)9-3-1-2-8(9)10/h4-5,8-11,14-15H,1-3,6H2. The molecule has 6 unspecified atom stereocenters. The lowest BCUT2D eigenvalue weighted by atomic mass is 9.80. The van der Waals surface area contributed by atoms with E-state index in [0.29, 0.717) is 34.3 Å². The molecule has 3 saturated carbocycles. The number of halogens is 2. The van der Waals surface area contributed by atoms with Crippen LogP contribution in [0, 0.1) is 30.8 Å². The van der Waals surface area contributed by atoms with Crippen LogP contribution in [0.15, 0.2) is 17.0 Å². The lowest BCUT2D eigenvalue weighted by Gasteiger charge is -2.41. The maximum absolute atomic E-state index is 13.3. The highest BCUT2D eigenvalue weighted by atomic mass is 127. The Labute approximate surface area is 157 Å². The highest BCUT2D eigenvalue weighted by molar-refractivity contribution is 14.1. The van der Waals surface area contributed by atoms with Crippen LogP contribution in [0.2, 0.25) is 0 Å². The van der Waals surface area contributed by atoms with Crippen molar-refractivity contribution >= 4 is 55.0 Å². The maximum Gasteiger partial charge on any atom is 0.189 e. The fourth-order valence-corrected chi connectivity index (χ4v) is 10.8. The van der Waals surface area contributed by atoms with Gasteiger partial charge in [0.25, 0.3) is 0 Å². The molecular formula is C16H16I2O3S. The molecule has 1 heterocycles. The van der Waals surface area contributed by atoms with Crippen LogP contribution in [0.5, 0.6) is 5.75 Å². The van der Waals surface area contributed by atoms with E-state index < -0.39 is 9.84 Å². The first kappa shape index (κ1) is 14.7. The molecule has 3 fully saturated rings. The van der Waals surface area contributed by atoms with Gasteiger partial charge in [-0.15, -0.1) is 0 Å². The summed E-state index contributed by atoms with van der Waals surface area (Å²) in [5, 5.41) is -0.294. The topological polar surface area (TPSA) is 43.4 Å². The fraction of sp³-hybridized carbons (Fsp3) is 0.625. The van der Waals surface area contributed by atoms with Crippen LogP contribution in [0.3, 0.4) is 0 Å². The van der Waals surface area contributed by atoms with Gasteiger partial charge in [-0.2, -0.15) is 0 Å². The van der Waals surface area contributed by atoms with Crippen molar-refractivity contribution in [3.8, 4) is 5.75 Å². The molecule has 1 aromatic carbocycles. The van der Waals surface area contributed by atoms with Gasteiger partial charge in [-0.3, -0.25) is 0 Å². The molecule has 3 nitrogen and oxygen atoms in total. The van der Waals surface area contributed by atoms with Crippen molar-refractivity contribution in [3.63, 3.8) is 0 Å². The first-order chi connectivity index (χ1) is 10.5. The summed E-state index contributed by atoms with van der Waals surface area (Å²) in [6.07, 6.45) is 4.72. The summed E-state index contributed by atoms with van der Waals surface area (Å²) in [5.74, 6) is 2.73. The Hall–Kier alpha value is 0.430. The SMILES string of the molecule is O=S1(=O)c2c(I)cc(I)cc2OC2C3CC(C4CCCC43)C21. The Bertz CT molecular complexity index is 776. The third-order valence-electron chi connectivity index (χ3n) is 6.32. The van der Waals surface area contributed by atoms with Crippen molar-refractivity contribution in [2.24, 2.45) is 23.7 Å². The quantitative estimate of drug-likeness (QED) is 0.468. The van der Waals surface area contributed by atoms with Gasteiger partial charge < -0.3 is 4.74 Å². The normalized spacial score (nSPS) is 43.4. The van der Waals surface area contributed by atoms with Crippen molar-refractivity contribution in [3.05, 3.63) is 19.3 Å². The van der Waals surface area contributed by atoms with Gasteiger partial charge in [0.1, 0.15) is 22.0 Å². The lowest BCUT2D eigenvalue weighted by molar-refractivity contribution is 0.0787. The summed E-state index contributed by atoms with van der Waals surface area (Å²) in [4.78, 5) is 0.455. The Morgan fingerprint density at radius 2 is 1.77 bits per heavy atom. The van der Waals surface area contributed by atoms with Gasteiger partial charge in [-0.1, -0.05) is 6.42 Å². The summed E-state index contributed by atoms with van der Waals surface area (Å²) < 4.78 is 34.8. The zero-order valence-corrected chi connectivity index (χ0v) is 17.0. The zero-order valence-electron chi connectivity index (χ0n) is 11.8. The van der Waals surface area contributed by atoms with E-state index in [1.54, 1.807) is 0 Å². The molecule has 0 N–H and O–H groups in total. The molecular weight excluding hydrogens is 526 g/mol. The molecule has 6 atom stereocenters. The minimum absolute atomic E-state index is 0.101. The molecule has 118 valence electrons. The van der Waals surface area contributed by atoms with E-state index >= 15 is 0 Å². The molecule has 0 spiro atoms. The Morgan fingerprint density at radius 1 is 1.05 bits per heavy atom. The van der Waals surface area contributed by atoms with E-state index in [1.165, 1.54) is 19.3 Å². The van der Waals surface area contributed by atoms with Gasteiger partial charge >= 0.3 is 0 Å². The van der Waals surface area contributed by atoms with Crippen molar-refractivity contribution < 1.29 is 13.2 Å². The van der Waals surface area contributed by atoms with E-state index in [1.807, 2.05) is 12.1 Å². The number of ether oxygens (including phenoxy) is 1. The van der Waals surface area contributed by atoms with Gasteiger partial charge in [0.2, 0.25) is 0 Å². The monoisotopic (exact) mass is 542 g/mol. The fourth-order valence-electron chi connectivity index (χ4n) is 5.73. The number of rotatable bonds is 0. The summed E-state index contributed by atoms with van der Waals surface area (Å²) in [6, 6.07) is 3.83. The molecule has 0 radical (unpaired) electrons. The second kappa shape index (κ2) is 4.74. The molecule has 0 saturated heterocycles. The number of sulfone groups is 1. The molecule has 0 aromatic heterocycles. The third-order valence-corrected chi connectivity index (χ3v) is 10.5. The van der Waals surface area contributed by atoms with E-state index in [9.17, 15) is 8.42 Å². The average Bonchev–Trinajstić information content (AvgIpc) is 3.06. The first-order valence-corrected chi connectivity index (χ1v) is 11.6. The molecule has 22 heavy (non-hydrogen) atoms. The smallest absolute Gasteiger partial charge is 0.189 e. The maximum atomic E-state index is 13.3. The first-order valence-electron chi connectivity index (χ1n) is 7.88. The van der Waals surface area contributed by atoms with E-state index in [-0.39, 0.29) is 11.4 Å². The highest BCUT2D eigenvalue weighted by Gasteiger charge is 2.65. The van der Waals surface area contributed by atoms with Gasteiger partial charge in [0.15, 0.2) is 9.84 Å². The Morgan fingerprint density at radius 3 is 2.55 bits per heavy atom. The number of fused-ring (bicyclic) bond motifs is 9. The Kier molecular flexibility index (Phi) is 3.18. The molecule has 4 aliphatic rings. The van der Waals surface area contributed by atoms with Gasteiger partial charge in [-0.25, -0.2) is 8.42 Å². The van der Waals surface area contributed by atoms with Gasteiger partial charge in [-0.05, 0) is 94.3 Å². The molecule has 1 aromatic rings. The summed E-state index contributed by atoms with van der Waals surface area (Å²) in [7, 11) is -3.27. The van der Waals surface area contributed by atoms with Crippen LogP contribution in [0.25, 0.3) is 0 Å². The molecule has 5 rings (SSSR count). The van der Waals surface area contributed by atoms with Crippen LogP contribution >= 0.6 is 45.2 Å². The zero-order chi connectivity index (χ0) is 15.2. The van der Waals surface area contributed by atoms with Crippen LogP contribution < -0.4 is 4.74 Å².